The van der Waals surface area contributed by atoms with Crippen molar-refractivity contribution >= 4 is 50.2 Å². The van der Waals surface area contributed by atoms with Gasteiger partial charge in [0.2, 0.25) is 15.9 Å². The van der Waals surface area contributed by atoms with E-state index in [4.69, 9.17) is 17.3 Å². The van der Waals surface area contributed by atoms with Gasteiger partial charge in [-0.2, -0.15) is 4.31 Å². The van der Waals surface area contributed by atoms with Gasteiger partial charge in [-0.1, -0.05) is 94.2 Å². The quantitative estimate of drug-likeness (QED) is 0.127. The summed E-state index contributed by atoms with van der Waals surface area (Å²) in [5, 5.41) is 16.1. The van der Waals surface area contributed by atoms with E-state index in [1.54, 1.807) is 16.0 Å². The van der Waals surface area contributed by atoms with E-state index in [9.17, 15) is 23.1 Å². The number of nitrogens with two attached hydrogens (primary N) is 1. The van der Waals surface area contributed by atoms with Gasteiger partial charge in [-0.05, 0) is 59.7 Å². The number of fused-ring (bicyclic) bond motifs is 1. The Kier molecular flexibility index (Phi) is 12.8. The van der Waals surface area contributed by atoms with E-state index < -0.39 is 34.1 Å². The lowest BCUT2D eigenvalue weighted by atomic mass is 9.95. The fourth-order valence-corrected chi connectivity index (χ4v) is 8.47. The number of carbonyl (C=O) groups excluding carboxylic acids is 2. The van der Waals surface area contributed by atoms with Crippen molar-refractivity contribution < 1.29 is 23.1 Å². The summed E-state index contributed by atoms with van der Waals surface area (Å²) in [6.45, 7) is 8.71. The minimum atomic E-state index is -4.11. The Bertz CT molecular complexity index is 1960. The van der Waals surface area contributed by atoms with Gasteiger partial charge >= 0.3 is 6.03 Å². The SMILES string of the molecule is CC[C@H](C)[C@@H](C(=O)N[C@@H](Cc1ccccc1)[C@H](O)CN(CC(C)C)S(=O)(=O)c1ccc(Cl)c(N)c1)N1CCN(Cc2ccnc3ccccc23)C1=O. The molecule has 4 aromatic rings. The van der Waals surface area contributed by atoms with Crippen molar-refractivity contribution in [2.45, 2.75) is 70.2 Å². The molecule has 3 aromatic carbocycles. The molecule has 52 heavy (non-hydrogen) atoms. The normalized spacial score (nSPS) is 16.0. The number of halogens is 1. The number of hydrogen-bond acceptors (Lipinski definition) is 7. The molecule has 1 fully saturated rings. The van der Waals surface area contributed by atoms with Crippen LogP contribution in [-0.4, -0.2) is 88.9 Å². The van der Waals surface area contributed by atoms with Crippen molar-refractivity contribution in [1.29, 1.82) is 0 Å². The van der Waals surface area contributed by atoms with Crippen molar-refractivity contribution in [1.82, 2.24) is 24.4 Å². The van der Waals surface area contributed by atoms with Crippen LogP contribution in [0.3, 0.4) is 0 Å². The molecule has 13 heteroatoms. The topological polar surface area (TPSA) is 149 Å². The Hall–Kier alpha value is -4.23. The predicted octanol–water partition coefficient (Wildman–Crippen LogP) is 5.56. The molecule has 1 saturated heterocycles. The summed E-state index contributed by atoms with van der Waals surface area (Å²) >= 11 is 6.08. The predicted molar refractivity (Wildman–Crippen MR) is 205 cm³/mol. The highest BCUT2D eigenvalue weighted by atomic mass is 35.5. The zero-order valence-corrected chi connectivity index (χ0v) is 31.7. The first-order chi connectivity index (χ1) is 24.8. The molecule has 0 spiro atoms. The molecule has 0 aliphatic carbocycles. The Labute approximate surface area is 311 Å². The van der Waals surface area contributed by atoms with Crippen molar-refractivity contribution in [3.63, 3.8) is 0 Å². The number of rotatable bonds is 16. The number of nitrogen functional groups attached to an aromatic ring is 1. The standard InChI is InChI=1S/C39H49ClN6O5S/c1-5-27(4)37(46-20-19-44(39(46)49)24-29-17-18-42-34-14-10-9-13-31(29)34)38(48)43-35(21-28-11-7-6-8-12-28)36(47)25-45(23-26(2)3)52(50,51)30-15-16-32(40)33(41)22-30/h6-18,22,26-27,35-37,47H,5,19-21,23-25,41H2,1-4H3,(H,43,48)/t27-,35-,36+,37-/m0/s1. The summed E-state index contributed by atoms with van der Waals surface area (Å²) in [5.41, 5.74) is 8.75. The maximum Gasteiger partial charge on any atom is 0.321 e. The maximum absolute atomic E-state index is 14.4. The van der Waals surface area contributed by atoms with E-state index in [1.165, 1.54) is 22.5 Å². The van der Waals surface area contributed by atoms with Crippen molar-refractivity contribution in [2.24, 2.45) is 11.8 Å². The highest BCUT2D eigenvalue weighted by molar-refractivity contribution is 7.89. The van der Waals surface area contributed by atoms with Gasteiger partial charge in [0.1, 0.15) is 6.04 Å². The van der Waals surface area contributed by atoms with Crippen molar-refractivity contribution in [2.75, 3.05) is 31.9 Å². The molecule has 0 bridgehead atoms. The van der Waals surface area contributed by atoms with Crippen LogP contribution in [0.5, 0.6) is 0 Å². The van der Waals surface area contributed by atoms with Gasteiger partial charge in [0.15, 0.2) is 0 Å². The summed E-state index contributed by atoms with van der Waals surface area (Å²) in [6.07, 6.45) is 1.31. The molecule has 1 aromatic heterocycles. The number of urea groups is 1. The molecule has 3 amide bonds. The molecule has 0 radical (unpaired) electrons. The number of nitrogens with one attached hydrogen (secondary N) is 1. The summed E-state index contributed by atoms with van der Waals surface area (Å²) in [4.78, 5) is 36.1. The summed E-state index contributed by atoms with van der Waals surface area (Å²) < 4.78 is 29.1. The van der Waals surface area contributed by atoms with E-state index >= 15 is 0 Å². The number of para-hydroxylation sites is 1. The second-order valence-electron chi connectivity index (χ2n) is 14.0. The number of anilines is 1. The monoisotopic (exact) mass is 748 g/mol. The fourth-order valence-electron chi connectivity index (χ4n) is 6.70. The number of benzene rings is 3. The van der Waals surface area contributed by atoms with Crippen LogP contribution < -0.4 is 11.1 Å². The molecule has 4 atom stereocenters. The molecule has 5 rings (SSSR count). The minimum Gasteiger partial charge on any atom is -0.397 e. The van der Waals surface area contributed by atoms with E-state index in [0.717, 1.165) is 22.0 Å². The lowest BCUT2D eigenvalue weighted by Crippen LogP contribution is -2.57. The van der Waals surface area contributed by atoms with Crippen LogP contribution in [0.2, 0.25) is 5.02 Å². The van der Waals surface area contributed by atoms with Crippen LogP contribution in [0.4, 0.5) is 10.5 Å². The molecule has 1 aliphatic heterocycles. The van der Waals surface area contributed by atoms with E-state index in [2.05, 4.69) is 10.3 Å². The minimum absolute atomic E-state index is 0.0420. The summed E-state index contributed by atoms with van der Waals surface area (Å²) in [6, 6.07) is 21.3. The number of pyridine rings is 1. The first kappa shape index (κ1) is 39.0. The van der Waals surface area contributed by atoms with Gasteiger partial charge in [0.05, 0.1) is 33.3 Å². The van der Waals surface area contributed by atoms with Crippen LogP contribution >= 0.6 is 11.6 Å². The fraction of sp³-hybridized carbons (Fsp3) is 0.410. The molecule has 0 saturated carbocycles. The number of aliphatic hydroxyl groups excluding tert-OH is 1. The molecule has 278 valence electrons. The lowest BCUT2D eigenvalue weighted by molar-refractivity contribution is -0.128. The zero-order chi connectivity index (χ0) is 37.6. The number of amides is 3. The van der Waals surface area contributed by atoms with Crippen LogP contribution in [0.15, 0.2) is 90.0 Å². The molecular weight excluding hydrogens is 700 g/mol. The second-order valence-corrected chi connectivity index (χ2v) is 16.3. The number of hydrogen-bond donors (Lipinski definition) is 3. The van der Waals surface area contributed by atoms with Crippen molar-refractivity contribution in [3.05, 3.63) is 101 Å². The zero-order valence-electron chi connectivity index (χ0n) is 30.2. The highest BCUT2D eigenvalue weighted by Crippen LogP contribution is 2.27. The molecule has 1 aliphatic rings. The Balaban J connectivity index is 1.39. The average Bonchev–Trinajstić information content (AvgIpc) is 3.47. The smallest absolute Gasteiger partial charge is 0.321 e. The summed E-state index contributed by atoms with van der Waals surface area (Å²) in [7, 11) is -4.11. The van der Waals surface area contributed by atoms with Gasteiger partial charge in [0, 0.05) is 44.3 Å². The first-order valence-electron chi connectivity index (χ1n) is 17.8. The Morgan fingerprint density at radius 2 is 1.73 bits per heavy atom. The van der Waals surface area contributed by atoms with Crippen LogP contribution in [-0.2, 0) is 27.8 Å². The third kappa shape index (κ3) is 9.03. The van der Waals surface area contributed by atoms with E-state index in [-0.39, 0.29) is 53.0 Å². The first-order valence-corrected chi connectivity index (χ1v) is 19.6. The Morgan fingerprint density at radius 1 is 1.02 bits per heavy atom. The number of aliphatic hydroxyl groups is 1. The van der Waals surface area contributed by atoms with Gasteiger partial charge < -0.3 is 26.0 Å². The Morgan fingerprint density at radius 3 is 2.42 bits per heavy atom. The van der Waals surface area contributed by atoms with Gasteiger partial charge in [-0.3, -0.25) is 9.78 Å². The third-order valence-corrected chi connectivity index (χ3v) is 11.8. The average molecular weight is 749 g/mol. The number of aromatic nitrogens is 1. The van der Waals surface area contributed by atoms with Crippen molar-refractivity contribution in [3.8, 4) is 0 Å². The number of sulfonamides is 1. The van der Waals surface area contributed by atoms with Gasteiger partial charge in [-0.15, -0.1) is 0 Å². The lowest BCUT2D eigenvalue weighted by Gasteiger charge is -2.35. The molecule has 2 heterocycles. The second kappa shape index (κ2) is 17.1. The van der Waals surface area contributed by atoms with Crippen LogP contribution in [0, 0.1) is 11.8 Å². The molecule has 11 nitrogen and oxygen atoms in total. The number of carbonyl (C=O) groups is 2. The van der Waals surface area contributed by atoms with Gasteiger partial charge in [-0.25, -0.2) is 13.2 Å². The maximum atomic E-state index is 14.4. The van der Waals surface area contributed by atoms with Crippen LogP contribution in [0.1, 0.15) is 45.2 Å². The van der Waals surface area contributed by atoms with E-state index in [0.29, 0.717) is 26.1 Å². The highest BCUT2D eigenvalue weighted by Gasteiger charge is 2.41. The largest absolute Gasteiger partial charge is 0.397 e. The van der Waals surface area contributed by atoms with E-state index in [1.807, 2.05) is 88.4 Å². The molecule has 4 N–H and O–H groups in total. The summed E-state index contributed by atoms with van der Waals surface area (Å²) in [5.74, 6) is -0.672. The molecule has 0 unspecified atom stereocenters. The third-order valence-electron chi connectivity index (χ3n) is 9.67. The van der Waals surface area contributed by atoms with Crippen LogP contribution in [0.25, 0.3) is 10.9 Å². The van der Waals surface area contributed by atoms with Gasteiger partial charge in [0.25, 0.3) is 0 Å². The molecular formula is C39H49ClN6O5S. The number of nitrogens with zero attached hydrogens (tertiary/aromatic N) is 4.